The van der Waals surface area contributed by atoms with Crippen LogP contribution >= 0.6 is 11.3 Å². The first-order valence-electron chi connectivity index (χ1n) is 4.43. The van der Waals surface area contributed by atoms with E-state index in [1.165, 1.54) is 4.70 Å². The summed E-state index contributed by atoms with van der Waals surface area (Å²) >= 11 is 1.68. The maximum absolute atomic E-state index is 11.7. The van der Waals surface area contributed by atoms with Gasteiger partial charge in [-0.3, -0.25) is 5.11 Å². The van der Waals surface area contributed by atoms with Crippen molar-refractivity contribution in [1.29, 1.82) is 0 Å². The molecule has 0 saturated carbocycles. The predicted molar refractivity (Wildman–Crippen MR) is 59.5 cm³/mol. The third-order valence-electron chi connectivity index (χ3n) is 2.36. The molecule has 1 nitrogen and oxygen atoms in total. The summed E-state index contributed by atoms with van der Waals surface area (Å²) in [4.78, 5) is 0. The van der Waals surface area contributed by atoms with Crippen LogP contribution < -0.4 is 0 Å². The van der Waals surface area contributed by atoms with Crippen LogP contribution in [0.3, 0.4) is 0 Å². The molecule has 0 aliphatic heterocycles. The minimum Gasteiger partial charge on any atom is -0.289 e. The van der Waals surface area contributed by atoms with Crippen molar-refractivity contribution < 1.29 is 5.11 Å². The van der Waals surface area contributed by atoms with Crippen molar-refractivity contribution in [3.8, 4) is 5.75 Å². The van der Waals surface area contributed by atoms with Gasteiger partial charge >= 0.3 is 0 Å². The zero-order valence-electron chi connectivity index (χ0n) is 7.36. The molecular weight excluding hydrogens is 192 g/mol. The Balaban J connectivity index is 2.65. The standard InChI is InChI=1S/C12H7OS/c13-9-5-3-7-11-12(9)8-4-1-2-6-10(8)14-11/h1-7H. The lowest BCUT2D eigenvalue weighted by Crippen LogP contribution is -1.66. The maximum atomic E-state index is 11.7. The summed E-state index contributed by atoms with van der Waals surface area (Å²) in [5.74, 6) is 0.125. The summed E-state index contributed by atoms with van der Waals surface area (Å²) in [5.41, 5.74) is 0. The number of fused-ring (bicyclic) bond motifs is 3. The highest BCUT2D eigenvalue weighted by Crippen LogP contribution is 2.38. The van der Waals surface area contributed by atoms with E-state index in [2.05, 4.69) is 6.07 Å². The van der Waals surface area contributed by atoms with Gasteiger partial charge in [-0.05, 0) is 18.2 Å². The summed E-state index contributed by atoms with van der Waals surface area (Å²) in [6.07, 6.45) is 0. The minimum atomic E-state index is 0.125. The predicted octanol–water partition coefficient (Wildman–Crippen LogP) is 4.20. The van der Waals surface area contributed by atoms with E-state index in [1.807, 2.05) is 30.3 Å². The van der Waals surface area contributed by atoms with Crippen LogP contribution in [0, 0.1) is 0 Å². The molecule has 2 heteroatoms. The molecular formula is C12H7OS. The van der Waals surface area contributed by atoms with Gasteiger partial charge in [0.1, 0.15) is 0 Å². The fourth-order valence-corrected chi connectivity index (χ4v) is 2.86. The molecule has 3 aromatic rings. The smallest absolute Gasteiger partial charge is 0.187 e. The Morgan fingerprint density at radius 3 is 2.57 bits per heavy atom. The molecule has 1 heterocycles. The second kappa shape index (κ2) is 2.72. The largest absolute Gasteiger partial charge is 0.289 e. The average Bonchev–Trinajstić information content (AvgIpc) is 2.57. The van der Waals surface area contributed by atoms with Gasteiger partial charge in [0.05, 0.1) is 0 Å². The van der Waals surface area contributed by atoms with Crippen LogP contribution in [0.15, 0.2) is 42.5 Å². The van der Waals surface area contributed by atoms with Gasteiger partial charge in [0.2, 0.25) is 0 Å². The van der Waals surface area contributed by atoms with Crippen LogP contribution in [0.2, 0.25) is 0 Å². The van der Waals surface area contributed by atoms with Gasteiger partial charge < -0.3 is 0 Å². The van der Waals surface area contributed by atoms with Crippen molar-refractivity contribution >= 4 is 31.5 Å². The topological polar surface area (TPSA) is 19.9 Å². The van der Waals surface area contributed by atoms with Crippen molar-refractivity contribution in [1.82, 2.24) is 0 Å². The lowest BCUT2D eigenvalue weighted by molar-refractivity contribution is 0.360. The van der Waals surface area contributed by atoms with Gasteiger partial charge in [-0.2, -0.15) is 0 Å². The highest BCUT2D eigenvalue weighted by molar-refractivity contribution is 7.25. The van der Waals surface area contributed by atoms with E-state index in [1.54, 1.807) is 17.4 Å². The molecule has 0 saturated heterocycles. The third kappa shape index (κ3) is 0.946. The van der Waals surface area contributed by atoms with Crippen LogP contribution in [-0.2, 0) is 5.11 Å². The molecule has 1 aromatic heterocycles. The Morgan fingerprint density at radius 1 is 0.857 bits per heavy atom. The Hall–Kier alpha value is -1.54. The second-order valence-corrected chi connectivity index (χ2v) is 4.31. The number of thiophene rings is 1. The monoisotopic (exact) mass is 199 g/mol. The van der Waals surface area contributed by atoms with Gasteiger partial charge in [0.15, 0.2) is 5.75 Å². The van der Waals surface area contributed by atoms with Crippen molar-refractivity contribution in [3.63, 3.8) is 0 Å². The molecule has 0 amide bonds. The Bertz CT molecular complexity index is 610. The molecule has 0 N–H and O–H groups in total. The van der Waals surface area contributed by atoms with E-state index in [9.17, 15) is 5.11 Å². The van der Waals surface area contributed by atoms with E-state index < -0.39 is 0 Å². The Morgan fingerprint density at radius 2 is 1.64 bits per heavy atom. The van der Waals surface area contributed by atoms with Crippen molar-refractivity contribution in [3.05, 3.63) is 42.5 Å². The van der Waals surface area contributed by atoms with Crippen molar-refractivity contribution in [2.45, 2.75) is 0 Å². The molecule has 0 aliphatic rings. The molecule has 0 aliphatic carbocycles. The SMILES string of the molecule is [O]c1cccc2sc3ccccc3c12. The first-order valence-corrected chi connectivity index (χ1v) is 5.25. The molecule has 3 rings (SSSR count). The van der Waals surface area contributed by atoms with E-state index >= 15 is 0 Å². The number of hydrogen-bond donors (Lipinski definition) is 0. The fraction of sp³-hybridized carbons (Fsp3) is 0. The summed E-state index contributed by atoms with van der Waals surface area (Å²) < 4.78 is 2.27. The van der Waals surface area contributed by atoms with Gasteiger partial charge in [-0.25, -0.2) is 0 Å². The van der Waals surface area contributed by atoms with Crippen LogP contribution in [-0.4, -0.2) is 0 Å². The van der Waals surface area contributed by atoms with E-state index in [-0.39, 0.29) is 5.75 Å². The highest BCUT2D eigenvalue weighted by Gasteiger charge is 2.08. The van der Waals surface area contributed by atoms with Crippen LogP contribution in [0.5, 0.6) is 5.75 Å². The number of rotatable bonds is 0. The van der Waals surface area contributed by atoms with Crippen molar-refractivity contribution in [2.24, 2.45) is 0 Å². The molecule has 1 radical (unpaired) electrons. The molecule has 67 valence electrons. The fourth-order valence-electron chi connectivity index (χ4n) is 1.74. The van der Waals surface area contributed by atoms with Gasteiger partial charge in [0.25, 0.3) is 0 Å². The maximum Gasteiger partial charge on any atom is 0.187 e. The van der Waals surface area contributed by atoms with Crippen LogP contribution in [0.1, 0.15) is 0 Å². The molecule has 2 aromatic carbocycles. The van der Waals surface area contributed by atoms with Crippen LogP contribution in [0.4, 0.5) is 0 Å². The molecule has 0 fully saturated rings. The zero-order chi connectivity index (χ0) is 9.54. The van der Waals surface area contributed by atoms with Gasteiger partial charge in [0, 0.05) is 20.2 Å². The molecule has 0 unspecified atom stereocenters. The van der Waals surface area contributed by atoms with E-state index in [0.717, 1.165) is 15.5 Å². The van der Waals surface area contributed by atoms with E-state index in [0.29, 0.717) is 0 Å². The molecule has 0 atom stereocenters. The summed E-state index contributed by atoms with van der Waals surface area (Å²) in [5, 5.41) is 13.6. The van der Waals surface area contributed by atoms with Gasteiger partial charge in [-0.15, -0.1) is 11.3 Å². The Labute approximate surface area is 85.2 Å². The minimum absolute atomic E-state index is 0.125. The van der Waals surface area contributed by atoms with Crippen molar-refractivity contribution in [2.75, 3.05) is 0 Å². The quantitative estimate of drug-likeness (QED) is 0.517. The highest BCUT2D eigenvalue weighted by atomic mass is 32.1. The summed E-state index contributed by atoms with van der Waals surface area (Å²) in [7, 11) is 0. The van der Waals surface area contributed by atoms with E-state index in [4.69, 9.17) is 0 Å². The third-order valence-corrected chi connectivity index (χ3v) is 3.50. The molecule has 0 spiro atoms. The number of benzene rings is 2. The lowest BCUT2D eigenvalue weighted by atomic mass is 10.1. The summed E-state index contributed by atoms with van der Waals surface area (Å²) in [6.45, 7) is 0. The average molecular weight is 199 g/mol. The normalized spacial score (nSPS) is 11.1. The molecule has 14 heavy (non-hydrogen) atoms. The lowest BCUT2D eigenvalue weighted by Gasteiger charge is -1.91. The first kappa shape index (κ1) is 7.83. The van der Waals surface area contributed by atoms with Crippen LogP contribution in [0.25, 0.3) is 20.2 Å². The second-order valence-electron chi connectivity index (χ2n) is 3.23. The number of hydrogen-bond acceptors (Lipinski definition) is 1. The Kier molecular flexibility index (Phi) is 1.52. The zero-order valence-corrected chi connectivity index (χ0v) is 8.17. The van der Waals surface area contributed by atoms with Gasteiger partial charge in [-0.1, -0.05) is 24.3 Å². The first-order chi connectivity index (χ1) is 6.86. The molecule has 0 bridgehead atoms. The summed E-state index contributed by atoms with van der Waals surface area (Å²) in [6, 6.07) is 13.5.